The molecule has 5 rings (SSSR count). The summed E-state index contributed by atoms with van der Waals surface area (Å²) in [5, 5.41) is 3.72. The first-order valence-corrected chi connectivity index (χ1v) is 18.3. The van der Waals surface area contributed by atoms with E-state index in [2.05, 4.69) is 5.32 Å². The van der Waals surface area contributed by atoms with Crippen molar-refractivity contribution < 1.29 is 22.7 Å². The molecule has 0 aromatic heterocycles. The lowest BCUT2D eigenvalue weighted by Crippen LogP contribution is -2.55. The molecule has 0 saturated heterocycles. The van der Waals surface area contributed by atoms with E-state index < -0.39 is 28.5 Å². The molecule has 1 N–H and O–H groups in total. The van der Waals surface area contributed by atoms with Crippen LogP contribution in [0.5, 0.6) is 5.75 Å². The Kier molecular flexibility index (Phi) is 12.1. The number of halogens is 1. The standard InChI is InChI=1S/C38H42ClN3O5S/c1-2-47-36-24-13-12-23-34(36)42(48(45,46)33-21-10-5-11-22-33)28-37(43)41(27-30-17-14-18-31(39)25-30)35(26-29-15-6-3-7-16-29)38(44)40-32-19-8-4-9-20-32/h3,5-7,10-18,21-25,32,35H,2,4,8-9,19-20,26-28H2,1H3,(H,40,44). The van der Waals surface area contributed by atoms with Gasteiger partial charge in [0.25, 0.3) is 10.0 Å². The summed E-state index contributed by atoms with van der Waals surface area (Å²) in [7, 11) is -4.25. The number of benzene rings is 4. The average molecular weight is 688 g/mol. The number of ether oxygens (including phenoxy) is 1. The van der Waals surface area contributed by atoms with Gasteiger partial charge in [0.15, 0.2) is 0 Å². The van der Waals surface area contributed by atoms with Crippen LogP contribution in [-0.4, -0.2) is 50.4 Å². The molecule has 252 valence electrons. The molecule has 1 atom stereocenters. The molecule has 0 aliphatic heterocycles. The van der Waals surface area contributed by atoms with E-state index in [4.69, 9.17) is 16.3 Å². The number of amides is 2. The van der Waals surface area contributed by atoms with E-state index in [1.807, 2.05) is 43.3 Å². The molecule has 0 heterocycles. The Morgan fingerprint density at radius 2 is 1.50 bits per heavy atom. The Balaban J connectivity index is 1.58. The fourth-order valence-electron chi connectivity index (χ4n) is 6.10. The van der Waals surface area contributed by atoms with Crippen LogP contribution in [-0.2, 0) is 32.6 Å². The molecule has 1 fully saturated rings. The van der Waals surface area contributed by atoms with Crippen molar-refractivity contribution in [3.8, 4) is 5.75 Å². The van der Waals surface area contributed by atoms with E-state index in [1.54, 1.807) is 60.7 Å². The SMILES string of the molecule is CCOc1ccccc1N(CC(=O)N(Cc1cccc(Cl)c1)C(Cc1ccccc1)C(=O)NC1CCCCC1)S(=O)(=O)c1ccccc1. The topological polar surface area (TPSA) is 96.0 Å². The van der Waals surface area contributed by atoms with Gasteiger partial charge in [-0.05, 0) is 67.3 Å². The zero-order valence-electron chi connectivity index (χ0n) is 27.1. The van der Waals surface area contributed by atoms with Gasteiger partial charge in [0.2, 0.25) is 11.8 Å². The molecular formula is C38H42ClN3O5S. The highest BCUT2D eigenvalue weighted by atomic mass is 35.5. The van der Waals surface area contributed by atoms with Crippen molar-refractivity contribution in [2.75, 3.05) is 17.5 Å². The number of anilines is 1. The maximum Gasteiger partial charge on any atom is 0.264 e. The van der Waals surface area contributed by atoms with Crippen LogP contribution in [0, 0.1) is 0 Å². The lowest BCUT2D eigenvalue weighted by atomic mass is 9.94. The minimum absolute atomic E-state index is 0.0145. The Morgan fingerprint density at radius 3 is 2.19 bits per heavy atom. The highest BCUT2D eigenvalue weighted by molar-refractivity contribution is 7.92. The number of rotatable bonds is 14. The molecule has 2 amide bonds. The second-order valence-corrected chi connectivity index (χ2v) is 14.2. The largest absolute Gasteiger partial charge is 0.492 e. The zero-order valence-corrected chi connectivity index (χ0v) is 28.7. The normalized spacial score (nSPS) is 14.1. The number of hydrogen-bond acceptors (Lipinski definition) is 5. The minimum atomic E-state index is -4.25. The summed E-state index contributed by atoms with van der Waals surface area (Å²) < 4.78 is 35.5. The molecule has 48 heavy (non-hydrogen) atoms. The van der Waals surface area contributed by atoms with Crippen LogP contribution in [0.2, 0.25) is 5.02 Å². The van der Waals surface area contributed by atoms with Crippen molar-refractivity contribution in [1.29, 1.82) is 0 Å². The van der Waals surface area contributed by atoms with Crippen LogP contribution in [0.25, 0.3) is 0 Å². The molecule has 1 saturated carbocycles. The molecule has 0 radical (unpaired) electrons. The second-order valence-electron chi connectivity index (χ2n) is 11.9. The molecular weight excluding hydrogens is 646 g/mol. The van der Waals surface area contributed by atoms with Gasteiger partial charge in [-0.15, -0.1) is 0 Å². The summed E-state index contributed by atoms with van der Waals surface area (Å²) in [5.41, 5.74) is 1.82. The van der Waals surface area contributed by atoms with Gasteiger partial charge in [-0.2, -0.15) is 0 Å². The number of hydrogen-bond donors (Lipinski definition) is 1. The highest BCUT2D eigenvalue weighted by Gasteiger charge is 2.36. The fourth-order valence-corrected chi connectivity index (χ4v) is 7.76. The zero-order chi connectivity index (χ0) is 33.9. The summed E-state index contributed by atoms with van der Waals surface area (Å²) in [4.78, 5) is 30.5. The van der Waals surface area contributed by atoms with Gasteiger partial charge >= 0.3 is 0 Å². The number of carbonyl (C=O) groups excluding carboxylic acids is 2. The predicted molar refractivity (Wildman–Crippen MR) is 190 cm³/mol. The summed E-state index contributed by atoms with van der Waals surface area (Å²) in [6, 6.07) is 30.5. The van der Waals surface area contributed by atoms with Crippen LogP contribution in [0.1, 0.15) is 50.2 Å². The molecule has 10 heteroatoms. The van der Waals surface area contributed by atoms with Crippen molar-refractivity contribution in [1.82, 2.24) is 10.2 Å². The number of carbonyl (C=O) groups is 2. The van der Waals surface area contributed by atoms with Crippen molar-refractivity contribution >= 4 is 39.1 Å². The molecule has 0 bridgehead atoms. The van der Waals surface area contributed by atoms with Crippen LogP contribution < -0.4 is 14.4 Å². The minimum Gasteiger partial charge on any atom is -0.492 e. The maximum absolute atomic E-state index is 14.8. The average Bonchev–Trinajstić information content (AvgIpc) is 3.10. The van der Waals surface area contributed by atoms with Gasteiger partial charge in [-0.3, -0.25) is 13.9 Å². The monoisotopic (exact) mass is 687 g/mol. The molecule has 1 aliphatic rings. The first-order chi connectivity index (χ1) is 23.3. The van der Waals surface area contributed by atoms with E-state index in [9.17, 15) is 18.0 Å². The Hall–Kier alpha value is -4.34. The summed E-state index contributed by atoms with van der Waals surface area (Å²) in [6.07, 6.45) is 5.20. The van der Waals surface area contributed by atoms with E-state index in [-0.39, 0.29) is 35.5 Å². The Labute approximate surface area is 288 Å². The maximum atomic E-state index is 14.8. The lowest BCUT2D eigenvalue weighted by Gasteiger charge is -2.35. The lowest BCUT2D eigenvalue weighted by molar-refractivity contribution is -0.140. The predicted octanol–water partition coefficient (Wildman–Crippen LogP) is 7.02. The molecule has 1 unspecified atom stereocenters. The third-order valence-corrected chi connectivity index (χ3v) is 10.5. The Bertz CT molecular complexity index is 1770. The highest BCUT2D eigenvalue weighted by Crippen LogP contribution is 2.33. The molecule has 4 aromatic rings. The van der Waals surface area contributed by atoms with Crippen LogP contribution in [0.15, 0.2) is 114 Å². The van der Waals surface area contributed by atoms with Crippen molar-refractivity contribution in [3.05, 3.63) is 125 Å². The van der Waals surface area contributed by atoms with Crippen molar-refractivity contribution in [2.45, 2.75) is 69.0 Å². The quantitative estimate of drug-likeness (QED) is 0.154. The van der Waals surface area contributed by atoms with Crippen molar-refractivity contribution in [2.24, 2.45) is 0 Å². The number of nitrogens with zero attached hydrogens (tertiary/aromatic N) is 2. The van der Waals surface area contributed by atoms with Crippen LogP contribution >= 0.6 is 11.6 Å². The summed E-state index contributed by atoms with van der Waals surface area (Å²) in [6.45, 7) is 1.58. The first kappa shape index (κ1) is 35.0. The summed E-state index contributed by atoms with van der Waals surface area (Å²) in [5.74, 6) is -0.488. The first-order valence-electron chi connectivity index (χ1n) is 16.4. The molecule has 0 spiro atoms. The number of nitrogens with one attached hydrogen (secondary N) is 1. The molecule has 1 aliphatic carbocycles. The fraction of sp³-hybridized carbons (Fsp3) is 0.316. The van der Waals surface area contributed by atoms with Gasteiger partial charge < -0.3 is 15.0 Å². The smallest absolute Gasteiger partial charge is 0.264 e. The molecule has 8 nitrogen and oxygen atoms in total. The van der Waals surface area contributed by atoms with Gasteiger partial charge in [0, 0.05) is 24.0 Å². The Morgan fingerprint density at radius 1 is 0.854 bits per heavy atom. The van der Waals surface area contributed by atoms with Gasteiger partial charge in [-0.25, -0.2) is 8.42 Å². The number of sulfonamides is 1. The van der Waals surface area contributed by atoms with Crippen LogP contribution in [0.4, 0.5) is 5.69 Å². The van der Waals surface area contributed by atoms with Crippen molar-refractivity contribution in [3.63, 3.8) is 0 Å². The van der Waals surface area contributed by atoms with Gasteiger partial charge in [0.05, 0.1) is 17.2 Å². The van der Waals surface area contributed by atoms with Crippen LogP contribution in [0.3, 0.4) is 0 Å². The van der Waals surface area contributed by atoms with E-state index in [1.165, 1.54) is 17.0 Å². The third-order valence-electron chi connectivity index (χ3n) is 8.51. The molecule has 4 aromatic carbocycles. The van der Waals surface area contributed by atoms with Gasteiger partial charge in [-0.1, -0.05) is 104 Å². The second kappa shape index (κ2) is 16.7. The summed E-state index contributed by atoms with van der Waals surface area (Å²) >= 11 is 6.36. The van der Waals surface area contributed by atoms with Gasteiger partial charge in [0.1, 0.15) is 18.3 Å². The van der Waals surface area contributed by atoms with E-state index in [0.717, 1.165) is 42.0 Å². The third kappa shape index (κ3) is 8.96. The van der Waals surface area contributed by atoms with E-state index >= 15 is 0 Å². The number of para-hydroxylation sites is 2. The van der Waals surface area contributed by atoms with E-state index in [0.29, 0.717) is 22.9 Å².